The Labute approximate surface area is 182 Å². The first-order valence-corrected chi connectivity index (χ1v) is 11.5. The molecule has 8 nitrogen and oxygen atoms in total. The summed E-state index contributed by atoms with van der Waals surface area (Å²) in [7, 11) is -3.31. The highest BCUT2D eigenvalue weighted by molar-refractivity contribution is 7.91. The number of hydrogen-bond acceptors (Lipinski definition) is 7. The molecule has 2 rings (SSSR count). The van der Waals surface area contributed by atoms with E-state index in [1.165, 1.54) is 17.2 Å². The van der Waals surface area contributed by atoms with E-state index in [1.807, 2.05) is 13.8 Å². The van der Waals surface area contributed by atoms with E-state index in [1.54, 1.807) is 26.0 Å². The summed E-state index contributed by atoms with van der Waals surface area (Å²) >= 11 is 5.85. The fourth-order valence-corrected chi connectivity index (χ4v) is 3.60. The average Bonchev–Trinajstić information content (AvgIpc) is 2.70. The molecule has 0 radical (unpaired) electrons. The van der Waals surface area contributed by atoms with E-state index < -0.39 is 9.84 Å². The standard InChI is InChI=1S/C20H26ClN5O3S/c1-6-17-19(24-14(5)21)26(12-13(3)4)20(27)18(25-17)23-10-15-8-9-16(11-22-15)30(28,29)7-2/h6,8-9,11,13H,5,7,10,12H2,1-4H3,(H,23,25)/b17-6+,24-19+. The van der Waals surface area contributed by atoms with Crippen LogP contribution in [0.25, 0.3) is 0 Å². The van der Waals surface area contributed by atoms with Crippen molar-refractivity contribution in [3.8, 4) is 0 Å². The molecular weight excluding hydrogens is 426 g/mol. The van der Waals surface area contributed by atoms with Gasteiger partial charge in [-0.15, -0.1) is 0 Å². The van der Waals surface area contributed by atoms with Gasteiger partial charge in [-0.3, -0.25) is 14.7 Å². The quantitative estimate of drug-likeness (QED) is 0.642. The molecule has 0 saturated heterocycles. The maximum Gasteiger partial charge on any atom is 0.294 e. The molecule has 1 N–H and O–H groups in total. The second kappa shape index (κ2) is 9.99. The summed E-state index contributed by atoms with van der Waals surface area (Å²) in [5.74, 6) is 0.364. The molecular formula is C20H26ClN5O3S. The highest BCUT2D eigenvalue weighted by Crippen LogP contribution is 2.18. The molecule has 0 saturated carbocycles. The van der Waals surface area contributed by atoms with Crippen LogP contribution in [-0.4, -0.2) is 48.2 Å². The van der Waals surface area contributed by atoms with Crippen molar-refractivity contribution in [2.45, 2.75) is 39.1 Å². The number of pyridine rings is 1. The number of amides is 1. The second-order valence-electron chi connectivity index (χ2n) is 7.00. The number of aliphatic imine (C=N–C) groups is 2. The molecule has 0 unspecified atom stereocenters. The van der Waals surface area contributed by atoms with Gasteiger partial charge in [0.1, 0.15) is 10.9 Å². The van der Waals surface area contributed by atoms with Crippen LogP contribution in [0.5, 0.6) is 0 Å². The molecule has 30 heavy (non-hydrogen) atoms. The number of amidine groups is 2. The topological polar surface area (TPSA) is 104 Å². The lowest BCUT2D eigenvalue weighted by Crippen LogP contribution is -2.51. The third kappa shape index (κ3) is 5.76. The summed E-state index contributed by atoms with van der Waals surface area (Å²) in [5, 5.41) is 3.06. The molecule has 1 aliphatic heterocycles. The van der Waals surface area contributed by atoms with Crippen molar-refractivity contribution in [1.29, 1.82) is 0 Å². The maximum atomic E-state index is 13.0. The zero-order chi connectivity index (χ0) is 22.5. The first-order chi connectivity index (χ1) is 14.1. The highest BCUT2D eigenvalue weighted by atomic mass is 35.5. The number of carbonyl (C=O) groups is 1. The van der Waals surface area contributed by atoms with Gasteiger partial charge in [-0.05, 0) is 25.0 Å². The normalized spacial score (nSPS) is 17.6. The maximum absolute atomic E-state index is 13.0. The molecule has 1 aromatic heterocycles. The number of sulfone groups is 1. The van der Waals surface area contributed by atoms with E-state index in [4.69, 9.17) is 11.6 Å². The summed E-state index contributed by atoms with van der Waals surface area (Å²) in [6.45, 7) is 11.6. The van der Waals surface area contributed by atoms with Crippen molar-refractivity contribution in [1.82, 2.24) is 15.2 Å². The molecule has 2 heterocycles. The largest absolute Gasteiger partial charge is 0.360 e. The highest BCUT2D eigenvalue weighted by Gasteiger charge is 2.32. The van der Waals surface area contributed by atoms with Crippen LogP contribution in [0, 0.1) is 5.92 Å². The van der Waals surface area contributed by atoms with Crippen LogP contribution in [0.15, 0.2) is 56.7 Å². The Morgan fingerprint density at radius 1 is 1.40 bits per heavy atom. The summed E-state index contributed by atoms with van der Waals surface area (Å²) in [5.41, 5.74) is 1.07. The Hall–Kier alpha value is -2.52. The minimum Gasteiger partial charge on any atom is -0.360 e. The van der Waals surface area contributed by atoms with Crippen LogP contribution in [0.3, 0.4) is 0 Å². The Bertz CT molecular complexity index is 1010. The molecule has 162 valence electrons. The summed E-state index contributed by atoms with van der Waals surface area (Å²) in [4.78, 5) is 27.4. The van der Waals surface area contributed by atoms with Gasteiger partial charge in [-0.25, -0.2) is 18.4 Å². The van der Waals surface area contributed by atoms with Crippen LogP contribution >= 0.6 is 11.6 Å². The van der Waals surface area contributed by atoms with Crippen molar-refractivity contribution >= 4 is 39.0 Å². The number of nitrogens with zero attached hydrogens (tertiary/aromatic N) is 4. The van der Waals surface area contributed by atoms with Crippen molar-refractivity contribution in [2.75, 3.05) is 12.3 Å². The number of hydrogen-bond donors (Lipinski definition) is 1. The van der Waals surface area contributed by atoms with Gasteiger partial charge in [0.05, 0.1) is 22.9 Å². The van der Waals surface area contributed by atoms with Gasteiger partial charge in [-0.2, -0.15) is 0 Å². The van der Waals surface area contributed by atoms with E-state index in [9.17, 15) is 13.2 Å². The van der Waals surface area contributed by atoms with Gasteiger partial charge in [0, 0.05) is 12.7 Å². The van der Waals surface area contributed by atoms with E-state index in [-0.39, 0.29) is 40.0 Å². The molecule has 0 aromatic carbocycles. The molecule has 0 spiro atoms. The summed E-state index contributed by atoms with van der Waals surface area (Å²) < 4.78 is 23.8. The van der Waals surface area contributed by atoms with Gasteiger partial charge in [0.2, 0.25) is 0 Å². The van der Waals surface area contributed by atoms with Crippen LogP contribution in [0.2, 0.25) is 0 Å². The molecule has 1 aromatic rings. The number of halogens is 1. The van der Waals surface area contributed by atoms with Crippen molar-refractivity contribution in [3.63, 3.8) is 0 Å². The fourth-order valence-electron chi connectivity index (χ4n) is 2.70. The number of carbonyl (C=O) groups excluding carboxylic acids is 1. The SMILES string of the molecule is C=C(Cl)/N=C1\C(=C/C)N=C(NCc2ccc(S(=O)(=O)CC)cn2)C(=O)N1CC(C)C. The third-order valence-corrected chi connectivity index (χ3v) is 5.99. The van der Waals surface area contributed by atoms with Crippen LogP contribution in [-0.2, 0) is 21.2 Å². The Morgan fingerprint density at radius 2 is 2.10 bits per heavy atom. The molecule has 1 amide bonds. The van der Waals surface area contributed by atoms with Gasteiger partial charge in [-0.1, -0.05) is 45.0 Å². The van der Waals surface area contributed by atoms with E-state index >= 15 is 0 Å². The van der Waals surface area contributed by atoms with E-state index in [0.29, 0.717) is 23.8 Å². The third-order valence-electron chi connectivity index (χ3n) is 4.19. The lowest BCUT2D eigenvalue weighted by Gasteiger charge is -2.30. The van der Waals surface area contributed by atoms with E-state index in [2.05, 4.69) is 26.9 Å². The molecule has 10 heteroatoms. The van der Waals surface area contributed by atoms with Gasteiger partial charge in [0.25, 0.3) is 5.91 Å². The lowest BCUT2D eigenvalue weighted by molar-refractivity contribution is -0.121. The predicted molar refractivity (Wildman–Crippen MR) is 119 cm³/mol. The van der Waals surface area contributed by atoms with Crippen LogP contribution in [0.4, 0.5) is 0 Å². The smallest absolute Gasteiger partial charge is 0.294 e. The molecule has 0 atom stereocenters. The zero-order valence-electron chi connectivity index (χ0n) is 17.5. The van der Waals surface area contributed by atoms with Crippen LogP contribution < -0.4 is 5.32 Å². The number of aromatic nitrogens is 1. The first-order valence-electron chi connectivity index (χ1n) is 9.51. The second-order valence-corrected chi connectivity index (χ2v) is 9.71. The van der Waals surface area contributed by atoms with Crippen molar-refractivity contribution in [2.24, 2.45) is 15.9 Å². The van der Waals surface area contributed by atoms with Gasteiger partial charge < -0.3 is 5.32 Å². The van der Waals surface area contributed by atoms with Crippen molar-refractivity contribution < 1.29 is 13.2 Å². The molecule has 0 bridgehead atoms. The minimum absolute atomic E-state index is 0.00795. The monoisotopic (exact) mass is 451 g/mol. The molecule has 1 aliphatic rings. The molecule has 0 fully saturated rings. The molecule has 0 aliphatic carbocycles. The van der Waals surface area contributed by atoms with E-state index in [0.717, 1.165) is 0 Å². The van der Waals surface area contributed by atoms with Crippen molar-refractivity contribution in [3.05, 3.63) is 47.5 Å². The minimum atomic E-state index is -3.31. The average molecular weight is 452 g/mol. The first kappa shape index (κ1) is 23.8. The number of nitrogens with one attached hydrogen (secondary N) is 1. The Kier molecular flexibility index (Phi) is 7.91. The Balaban J connectivity index is 2.27. The summed E-state index contributed by atoms with van der Waals surface area (Å²) in [6, 6.07) is 3.11. The number of rotatable bonds is 7. The number of allylic oxidation sites excluding steroid dienone is 1. The predicted octanol–water partition coefficient (Wildman–Crippen LogP) is 2.87. The zero-order valence-corrected chi connectivity index (χ0v) is 19.1. The van der Waals surface area contributed by atoms with Gasteiger partial charge >= 0.3 is 0 Å². The lowest BCUT2D eigenvalue weighted by atomic mass is 10.1. The summed E-state index contributed by atoms with van der Waals surface area (Å²) in [6.07, 6.45) is 3.06. The van der Waals surface area contributed by atoms with Gasteiger partial charge in [0.15, 0.2) is 21.5 Å². The fraction of sp³-hybridized carbons (Fsp3) is 0.400. The Morgan fingerprint density at radius 3 is 2.60 bits per heavy atom. The van der Waals surface area contributed by atoms with Crippen LogP contribution in [0.1, 0.15) is 33.4 Å².